The largest absolute Gasteiger partial charge is 0.457 e. The number of carbonyl (C=O) groups is 1. The van der Waals surface area contributed by atoms with E-state index in [1.807, 2.05) is 91.9 Å². The van der Waals surface area contributed by atoms with Gasteiger partial charge in [0.1, 0.15) is 11.5 Å². The van der Waals surface area contributed by atoms with Crippen LogP contribution >= 0.6 is 23.1 Å². The molecule has 0 aliphatic rings. The Kier molecular flexibility index (Phi) is 7.37. The van der Waals surface area contributed by atoms with Gasteiger partial charge in [-0.3, -0.25) is 4.79 Å². The van der Waals surface area contributed by atoms with Gasteiger partial charge in [0.2, 0.25) is 11.0 Å². The third-order valence-electron chi connectivity index (χ3n) is 4.49. The van der Waals surface area contributed by atoms with E-state index in [0.717, 1.165) is 27.1 Å². The summed E-state index contributed by atoms with van der Waals surface area (Å²) < 4.78 is 6.54. The molecule has 8 heteroatoms. The lowest BCUT2D eigenvalue weighted by Crippen LogP contribution is -2.28. The zero-order chi connectivity index (χ0) is 22.2. The van der Waals surface area contributed by atoms with Gasteiger partial charge in [0.15, 0.2) is 4.34 Å². The quantitative estimate of drug-likeness (QED) is 0.295. The molecule has 4 rings (SSSR count). The first-order chi connectivity index (χ1) is 15.7. The first-order valence-electron chi connectivity index (χ1n) is 10.1. The molecule has 1 aromatic heterocycles. The van der Waals surface area contributed by atoms with E-state index in [9.17, 15) is 4.79 Å². The summed E-state index contributed by atoms with van der Waals surface area (Å²) >= 11 is 2.78. The van der Waals surface area contributed by atoms with E-state index in [0.29, 0.717) is 5.13 Å². The topological polar surface area (TPSA) is 76.1 Å². The minimum atomic E-state index is -0.0372. The van der Waals surface area contributed by atoms with Crippen LogP contribution in [-0.2, 0) is 4.79 Å². The minimum absolute atomic E-state index is 0.0370. The Bertz CT molecular complexity index is 1140. The van der Waals surface area contributed by atoms with E-state index in [1.54, 1.807) is 0 Å². The maximum absolute atomic E-state index is 12.3. The van der Waals surface area contributed by atoms with Gasteiger partial charge in [-0.1, -0.05) is 71.6 Å². The Morgan fingerprint density at radius 2 is 1.59 bits per heavy atom. The van der Waals surface area contributed by atoms with Gasteiger partial charge in [-0.25, -0.2) is 0 Å². The molecular weight excluding hydrogens is 440 g/mol. The van der Waals surface area contributed by atoms with Crippen molar-refractivity contribution in [3.63, 3.8) is 0 Å². The van der Waals surface area contributed by atoms with E-state index >= 15 is 0 Å². The fourth-order valence-corrected chi connectivity index (χ4v) is 4.49. The van der Waals surface area contributed by atoms with Crippen molar-refractivity contribution in [3.8, 4) is 11.5 Å². The third-order valence-corrected chi connectivity index (χ3v) is 6.47. The maximum atomic E-state index is 12.3. The minimum Gasteiger partial charge on any atom is -0.457 e. The Labute approximate surface area is 195 Å². The molecule has 1 atom stereocenters. The van der Waals surface area contributed by atoms with Crippen molar-refractivity contribution < 1.29 is 9.53 Å². The number of nitrogens with zero attached hydrogens (tertiary/aromatic N) is 2. The Hall–Kier alpha value is -3.36. The maximum Gasteiger partial charge on any atom is 0.230 e. The van der Waals surface area contributed by atoms with Crippen LogP contribution in [0.25, 0.3) is 0 Å². The van der Waals surface area contributed by atoms with Gasteiger partial charge in [-0.2, -0.15) is 0 Å². The second kappa shape index (κ2) is 10.8. The van der Waals surface area contributed by atoms with Gasteiger partial charge < -0.3 is 15.4 Å². The van der Waals surface area contributed by atoms with E-state index in [4.69, 9.17) is 4.74 Å². The molecule has 32 heavy (non-hydrogen) atoms. The van der Waals surface area contributed by atoms with Crippen molar-refractivity contribution in [1.29, 1.82) is 0 Å². The summed E-state index contributed by atoms with van der Waals surface area (Å²) in [4.78, 5) is 12.3. The highest BCUT2D eigenvalue weighted by Gasteiger charge is 2.12. The van der Waals surface area contributed by atoms with Gasteiger partial charge >= 0.3 is 0 Å². The molecule has 4 aromatic rings. The van der Waals surface area contributed by atoms with E-state index in [2.05, 4.69) is 20.8 Å². The highest BCUT2D eigenvalue weighted by atomic mass is 32.2. The molecule has 0 aliphatic carbocycles. The highest BCUT2D eigenvalue weighted by Crippen LogP contribution is 2.29. The molecule has 0 saturated heterocycles. The second-order valence-corrected chi connectivity index (χ2v) is 9.13. The third kappa shape index (κ3) is 6.32. The number of thioether (sulfide) groups is 1. The van der Waals surface area contributed by atoms with Crippen LogP contribution in [0.2, 0.25) is 0 Å². The smallest absolute Gasteiger partial charge is 0.230 e. The Balaban J connectivity index is 1.25. The SMILES string of the molecule is C[C@@H](NC(=O)CSc1nnc(Nc2ccc(Oc3ccccc3)cc2)s1)c1ccccc1. The van der Waals surface area contributed by atoms with Crippen LogP contribution in [0.3, 0.4) is 0 Å². The van der Waals surface area contributed by atoms with E-state index in [-0.39, 0.29) is 17.7 Å². The van der Waals surface area contributed by atoms with E-state index in [1.165, 1.54) is 23.1 Å². The highest BCUT2D eigenvalue weighted by molar-refractivity contribution is 8.01. The molecular formula is C24H22N4O2S2. The lowest BCUT2D eigenvalue weighted by molar-refractivity contribution is -0.119. The molecule has 0 saturated carbocycles. The first-order valence-corrected chi connectivity index (χ1v) is 11.9. The number of hydrogen-bond acceptors (Lipinski definition) is 7. The summed E-state index contributed by atoms with van der Waals surface area (Å²) in [5.74, 6) is 1.80. The Morgan fingerprint density at radius 1 is 0.938 bits per heavy atom. The van der Waals surface area contributed by atoms with Gasteiger partial charge in [-0.15, -0.1) is 10.2 Å². The van der Waals surface area contributed by atoms with Crippen LogP contribution in [0.5, 0.6) is 11.5 Å². The van der Waals surface area contributed by atoms with Crippen LogP contribution in [0, 0.1) is 0 Å². The summed E-state index contributed by atoms with van der Waals surface area (Å²) in [5, 5.41) is 15.2. The number of benzene rings is 3. The summed E-state index contributed by atoms with van der Waals surface area (Å²) in [5.41, 5.74) is 1.96. The number of nitrogens with one attached hydrogen (secondary N) is 2. The molecule has 1 heterocycles. The molecule has 0 aliphatic heterocycles. The fourth-order valence-electron chi connectivity index (χ4n) is 2.91. The number of anilines is 2. The molecule has 0 unspecified atom stereocenters. The van der Waals surface area contributed by atoms with Gasteiger partial charge in [0, 0.05) is 5.69 Å². The number of para-hydroxylation sites is 1. The molecule has 0 fully saturated rings. The standard InChI is InChI=1S/C24H22N4O2S2/c1-17(18-8-4-2-5-9-18)25-22(29)16-31-24-28-27-23(32-24)26-19-12-14-21(15-13-19)30-20-10-6-3-7-11-20/h2-15,17H,16H2,1H3,(H,25,29)(H,26,27)/t17-/m1/s1. The van der Waals surface area contributed by atoms with Crippen molar-refractivity contribution in [2.24, 2.45) is 0 Å². The van der Waals surface area contributed by atoms with E-state index < -0.39 is 0 Å². The fraction of sp³-hybridized carbons (Fsp3) is 0.125. The Morgan fingerprint density at radius 3 is 2.31 bits per heavy atom. The van der Waals surface area contributed by atoms with Crippen molar-refractivity contribution in [3.05, 3.63) is 90.5 Å². The predicted octanol–water partition coefficient (Wildman–Crippen LogP) is 6.04. The van der Waals surface area contributed by atoms with Gasteiger partial charge in [0.05, 0.1) is 11.8 Å². The van der Waals surface area contributed by atoms with Crippen LogP contribution in [0.4, 0.5) is 10.8 Å². The van der Waals surface area contributed by atoms with Crippen molar-refractivity contribution in [1.82, 2.24) is 15.5 Å². The molecule has 0 radical (unpaired) electrons. The molecule has 3 aromatic carbocycles. The molecule has 6 nitrogen and oxygen atoms in total. The monoisotopic (exact) mass is 462 g/mol. The number of aromatic nitrogens is 2. The number of hydrogen-bond donors (Lipinski definition) is 2. The average Bonchev–Trinajstić information content (AvgIpc) is 3.27. The van der Waals surface area contributed by atoms with Crippen LogP contribution in [-0.4, -0.2) is 21.9 Å². The van der Waals surface area contributed by atoms with Gasteiger partial charge in [0.25, 0.3) is 0 Å². The zero-order valence-electron chi connectivity index (χ0n) is 17.4. The summed E-state index contributed by atoms with van der Waals surface area (Å²) in [7, 11) is 0. The summed E-state index contributed by atoms with van der Waals surface area (Å²) in [6.45, 7) is 1.97. The number of carbonyl (C=O) groups excluding carboxylic acids is 1. The molecule has 162 valence electrons. The second-order valence-electron chi connectivity index (χ2n) is 6.93. The molecule has 1 amide bonds. The summed E-state index contributed by atoms with van der Waals surface area (Å²) in [6, 6.07) is 27.1. The average molecular weight is 463 g/mol. The zero-order valence-corrected chi connectivity index (χ0v) is 19.0. The lowest BCUT2D eigenvalue weighted by Gasteiger charge is -2.13. The van der Waals surface area contributed by atoms with Gasteiger partial charge in [-0.05, 0) is 48.9 Å². The molecule has 2 N–H and O–H groups in total. The van der Waals surface area contributed by atoms with Crippen molar-refractivity contribution >= 4 is 39.8 Å². The van der Waals surface area contributed by atoms with Crippen LogP contribution < -0.4 is 15.4 Å². The number of ether oxygens (including phenoxy) is 1. The number of rotatable bonds is 9. The summed E-state index contributed by atoms with van der Waals surface area (Å²) in [6.07, 6.45) is 0. The molecule has 0 bridgehead atoms. The number of amides is 1. The molecule has 0 spiro atoms. The van der Waals surface area contributed by atoms with Crippen LogP contribution in [0.1, 0.15) is 18.5 Å². The van der Waals surface area contributed by atoms with Crippen molar-refractivity contribution in [2.45, 2.75) is 17.3 Å². The first kappa shape index (κ1) is 21.9. The van der Waals surface area contributed by atoms with Crippen molar-refractivity contribution in [2.75, 3.05) is 11.1 Å². The lowest BCUT2D eigenvalue weighted by atomic mass is 10.1. The van der Waals surface area contributed by atoms with Crippen LogP contribution in [0.15, 0.2) is 89.3 Å². The predicted molar refractivity (Wildman–Crippen MR) is 130 cm³/mol. The normalized spacial score (nSPS) is 11.5.